The molecule has 0 radical (unpaired) electrons. The Morgan fingerprint density at radius 2 is 1.75 bits per heavy atom. The molecule has 0 unspecified atom stereocenters. The Bertz CT molecular complexity index is 52.4. The van der Waals surface area contributed by atoms with Crippen LogP contribution in [0, 0.1) is 0 Å². The molecule has 0 N–H and O–H groups in total. The quantitative estimate of drug-likeness (QED) is 0.373. The first-order valence-corrected chi connectivity index (χ1v) is 9.12. The molecule has 1 fully saturated rings. The van der Waals surface area contributed by atoms with Gasteiger partial charge in [-0.2, -0.15) is 0 Å². The minimum Gasteiger partial charge on any atom is -1.00 e. The molecule has 1 aliphatic rings. The minimum absolute atomic E-state index is 0. The van der Waals surface area contributed by atoms with Crippen molar-refractivity contribution in [3.05, 3.63) is 0 Å². The van der Waals surface area contributed by atoms with Crippen LogP contribution in [-0.2, 0) is 0 Å². The number of rotatable bonds is 0. The zero-order chi connectivity index (χ0) is 5.11. The SMILES string of the molecule is C[Se+]1CC[Se]CC1.[I-]. The van der Waals surface area contributed by atoms with Crippen LogP contribution in [0.25, 0.3) is 0 Å². The molecule has 0 nitrogen and oxygen atoms in total. The van der Waals surface area contributed by atoms with Crippen molar-refractivity contribution in [2.45, 2.75) is 27.1 Å². The van der Waals surface area contributed by atoms with Gasteiger partial charge in [0.25, 0.3) is 0 Å². The van der Waals surface area contributed by atoms with Crippen LogP contribution in [0.15, 0.2) is 0 Å². The standard InChI is InChI=1S/C5H11Se2.HI/c1-7-4-2-6-3-5-7;/h2-5H2,1H3;1H/q+1;/p-1. The van der Waals surface area contributed by atoms with Gasteiger partial charge in [-0.25, -0.2) is 0 Å². The molecular weight excluding hydrogens is 345 g/mol. The summed E-state index contributed by atoms with van der Waals surface area (Å²) in [5.41, 5.74) is 0. The van der Waals surface area contributed by atoms with Gasteiger partial charge in [0.2, 0.25) is 0 Å². The van der Waals surface area contributed by atoms with Crippen molar-refractivity contribution in [2.24, 2.45) is 0 Å². The van der Waals surface area contributed by atoms with Gasteiger partial charge in [0.05, 0.1) is 0 Å². The Morgan fingerprint density at radius 3 is 2.00 bits per heavy atom. The van der Waals surface area contributed by atoms with E-state index in [0.717, 1.165) is 15.0 Å². The Morgan fingerprint density at radius 1 is 1.25 bits per heavy atom. The fourth-order valence-electron chi connectivity index (χ4n) is 0.606. The summed E-state index contributed by atoms with van der Waals surface area (Å²) >= 11 is 1.10. The van der Waals surface area contributed by atoms with E-state index in [4.69, 9.17) is 0 Å². The smallest absolute Gasteiger partial charge is 1.00 e. The van der Waals surface area contributed by atoms with E-state index >= 15 is 0 Å². The molecule has 0 aromatic carbocycles. The second-order valence-electron chi connectivity index (χ2n) is 1.80. The molecule has 50 valence electrons. The van der Waals surface area contributed by atoms with Crippen molar-refractivity contribution in [3.63, 3.8) is 0 Å². The van der Waals surface area contributed by atoms with Gasteiger partial charge in [-0.3, -0.25) is 0 Å². The Labute approximate surface area is 79.2 Å². The Hall–Kier alpha value is 1.77. The fourth-order valence-corrected chi connectivity index (χ4v) is 11.9. The molecule has 0 saturated carbocycles. The molecule has 1 heterocycles. The van der Waals surface area contributed by atoms with E-state index in [0.29, 0.717) is 0 Å². The summed E-state index contributed by atoms with van der Waals surface area (Å²) in [7, 11) is 0. The van der Waals surface area contributed by atoms with Gasteiger partial charge in [-0.1, -0.05) is 0 Å². The number of halogens is 1. The summed E-state index contributed by atoms with van der Waals surface area (Å²) in [6.45, 7) is 0. The molecule has 0 aliphatic carbocycles. The Balaban J connectivity index is 0.000000490. The van der Waals surface area contributed by atoms with E-state index in [2.05, 4.69) is 5.82 Å². The Kier molecular flexibility index (Phi) is 6.77. The fraction of sp³-hybridized carbons (Fsp3) is 1.00. The van der Waals surface area contributed by atoms with Crippen LogP contribution in [-0.4, -0.2) is 28.9 Å². The third-order valence-electron chi connectivity index (χ3n) is 1.15. The van der Waals surface area contributed by atoms with Crippen LogP contribution in [0.5, 0.6) is 0 Å². The van der Waals surface area contributed by atoms with Crippen molar-refractivity contribution >= 4 is 28.9 Å². The van der Waals surface area contributed by atoms with Crippen molar-refractivity contribution < 1.29 is 24.0 Å². The number of hydrogen-bond acceptors (Lipinski definition) is 0. The molecule has 8 heavy (non-hydrogen) atoms. The van der Waals surface area contributed by atoms with E-state index in [1.54, 1.807) is 21.3 Å². The van der Waals surface area contributed by atoms with Crippen LogP contribution >= 0.6 is 0 Å². The second-order valence-corrected chi connectivity index (χ2v) is 9.36. The van der Waals surface area contributed by atoms with E-state index in [1.165, 1.54) is 0 Å². The largest absolute Gasteiger partial charge is 1.00 e. The molecule has 0 aromatic heterocycles. The summed E-state index contributed by atoms with van der Waals surface area (Å²) in [4.78, 5) is 0. The maximum atomic E-state index is 2.50. The van der Waals surface area contributed by atoms with Gasteiger partial charge in [-0.05, 0) is 0 Å². The summed E-state index contributed by atoms with van der Waals surface area (Å²) < 4.78 is 0. The topological polar surface area (TPSA) is 0 Å². The van der Waals surface area contributed by atoms with Gasteiger partial charge in [-0.15, -0.1) is 0 Å². The summed E-state index contributed by atoms with van der Waals surface area (Å²) in [5.74, 6) is 2.50. The molecule has 0 aromatic rings. The molecule has 1 saturated heterocycles. The average Bonchev–Trinajstić information content (AvgIpc) is 1.69. The summed E-state index contributed by atoms with van der Waals surface area (Å²) in [5, 5.41) is 6.49. The molecule has 0 atom stereocenters. The maximum Gasteiger partial charge on any atom is -1.00 e. The molecule has 3 heteroatoms. The van der Waals surface area contributed by atoms with Crippen molar-refractivity contribution in [2.75, 3.05) is 0 Å². The summed E-state index contributed by atoms with van der Waals surface area (Å²) in [6.07, 6.45) is 0. The molecule has 1 rings (SSSR count). The van der Waals surface area contributed by atoms with Crippen LogP contribution in [0.3, 0.4) is 0 Å². The molecule has 0 amide bonds. The monoisotopic (exact) mass is 358 g/mol. The molecular formula is C5H11ISe2. The van der Waals surface area contributed by atoms with E-state index in [1.807, 2.05) is 0 Å². The van der Waals surface area contributed by atoms with E-state index in [-0.39, 0.29) is 37.9 Å². The minimum atomic E-state index is 0. The van der Waals surface area contributed by atoms with Crippen molar-refractivity contribution in [3.8, 4) is 0 Å². The van der Waals surface area contributed by atoms with Crippen molar-refractivity contribution in [1.82, 2.24) is 0 Å². The molecule has 0 bridgehead atoms. The average molecular weight is 356 g/mol. The second kappa shape index (κ2) is 5.55. The van der Waals surface area contributed by atoms with Crippen LogP contribution in [0.2, 0.25) is 27.1 Å². The maximum absolute atomic E-state index is 2.50. The first-order chi connectivity index (χ1) is 3.39. The van der Waals surface area contributed by atoms with Crippen LogP contribution in [0.1, 0.15) is 0 Å². The molecule has 1 aliphatic heterocycles. The van der Waals surface area contributed by atoms with Gasteiger partial charge in [0.1, 0.15) is 0 Å². The van der Waals surface area contributed by atoms with Crippen molar-refractivity contribution in [1.29, 1.82) is 0 Å². The van der Waals surface area contributed by atoms with Gasteiger partial charge < -0.3 is 24.0 Å². The first-order valence-electron chi connectivity index (χ1n) is 2.56. The predicted octanol–water partition coefficient (Wildman–Crippen LogP) is -1.33. The first kappa shape index (κ1) is 9.77. The predicted molar refractivity (Wildman–Crippen MR) is 36.6 cm³/mol. The van der Waals surface area contributed by atoms with Gasteiger partial charge in [0.15, 0.2) is 0 Å². The zero-order valence-electron chi connectivity index (χ0n) is 5.02. The van der Waals surface area contributed by atoms with E-state index < -0.39 is 0 Å². The third-order valence-corrected chi connectivity index (χ3v) is 9.62. The normalized spacial score (nSPS) is 22.1. The van der Waals surface area contributed by atoms with Gasteiger partial charge >= 0.3 is 56.0 Å². The number of hydrogen-bond donors (Lipinski definition) is 0. The summed E-state index contributed by atoms with van der Waals surface area (Å²) in [6, 6.07) is 0. The van der Waals surface area contributed by atoms with Gasteiger partial charge in [0, 0.05) is 0 Å². The molecule has 0 spiro atoms. The van der Waals surface area contributed by atoms with Crippen LogP contribution < -0.4 is 24.0 Å². The van der Waals surface area contributed by atoms with Crippen LogP contribution in [0.4, 0.5) is 0 Å². The zero-order valence-corrected chi connectivity index (χ0v) is 10.6. The van der Waals surface area contributed by atoms with E-state index in [9.17, 15) is 0 Å². The third kappa shape index (κ3) is 3.73.